The van der Waals surface area contributed by atoms with Gasteiger partial charge in [0.25, 0.3) is 0 Å². The topological polar surface area (TPSA) is 83.6 Å². The average Bonchev–Trinajstić information content (AvgIpc) is 3.15. The fourth-order valence-corrected chi connectivity index (χ4v) is 5.83. The third kappa shape index (κ3) is 5.36. The highest BCUT2D eigenvalue weighted by atomic mass is 79.9. The Morgan fingerprint density at radius 1 is 1.16 bits per heavy atom. The second kappa shape index (κ2) is 9.53. The molecule has 0 atom stereocenters. The number of hydrogen-bond donors (Lipinski definition) is 1. The van der Waals surface area contributed by atoms with Gasteiger partial charge >= 0.3 is 0 Å². The Morgan fingerprint density at radius 3 is 2.45 bits per heavy atom. The number of benzene rings is 2. The van der Waals surface area contributed by atoms with Crippen molar-refractivity contribution in [3.8, 4) is 0 Å². The predicted octanol–water partition coefficient (Wildman–Crippen LogP) is 4.67. The van der Waals surface area contributed by atoms with Gasteiger partial charge in [0, 0.05) is 29.5 Å². The molecule has 0 radical (unpaired) electrons. The lowest BCUT2D eigenvalue weighted by molar-refractivity contribution is -0.118. The smallest absolute Gasteiger partial charge is 0.226 e. The number of nitrogens with zero attached hydrogens (tertiary/aromatic N) is 1. The van der Waals surface area contributed by atoms with E-state index < -0.39 is 9.84 Å². The summed E-state index contributed by atoms with van der Waals surface area (Å²) >= 11 is 3.38. The maximum Gasteiger partial charge on any atom is 0.226 e. The molecule has 3 rings (SSSR count). The second-order valence-electron chi connectivity index (χ2n) is 7.95. The molecule has 2 amide bonds. The Balaban J connectivity index is 1.75. The first-order valence-electron chi connectivity index (χ1n) is 10.4. The Kier molecular flexibility index (Phi) is 7.21. The summed E-state index contributed by atoms with van der Waals surface area (Å²) in [5.41, 5.74) is 3.08. The maximum absolute atomic E-state index is 13.1. The number of nitrogens with one attached hydrogen (secondary N) is 1. The Morgan fingerprint density at radius 2 is 1.84 bits per heavy atom. The van der Waals surface area contributed by atoms with Crippen molar-refractivity contribution in [1.82, 2.24) is 0 Å². The third-order valence-electron chi connectivity index (χ3n) is 5.39. The molecule has 0 saturated heterocycles. The van der Waals surface area contributed by atoms with E-state index in [0.717, 1.165) is 11.1 Å². The van der Waals surface area contributed by atoms with Gasteiger partial charge < -0.3 is 10.2 Å². The van der Waals surface area contributed by atoms with E-state index in [1.807, 2.05) is 30.3 Å². The van der Waals surface area contributed by atoms with E-state index >= 15 is 0 Å². The first-order chi connectivity index (χ1) is 14.6. The number of amides is 2. The van der Waals surface area contributed by atoms with E-state index in [1.165, 1.54) is 6.07 Å². The average molecular weight is 507 g/mol. The zero-order valence-electron chi connectivity index (χ0n) is 17.9. The molecule has 0 aromatic heterocycles. The van der Waals surface area contributed by atoms with Crippen molar-refractivity contribution in [1.29, 1.82) is 0 Å². The number of carbonyl (C=O) groups excluding carboxylic acids is 2. The van der Waals surface area contributed by atoms with Gasteiger partial charge in [0.2, 0.25) is 11.8 Å². The summed E-state index contributed by atoms with van der Waals surface area (Å²) in [4.78, 5) is 26.4. The molecule has 2 aromatic rings. The van der Waals surface area contributed by atoms with E-state index in [1.54, 1.807) is 11.8 Å². The molecule has 0 unspecified atom stereocenters. The summed E-state index contributed by atoms with van der Waals surface area (Å²) in [5.74, 6) is -0.421. The summed E-state index contributed by atoms with van der Waals surface area (Å²) < 4.78 is 26.9. The summed E-state index contributed by atoms with van der Waals surface area (Å²) in [5, 5.41) is 2.75. The number of carbonyl (C=O) groups is 2. The van der Waals surface area contributed by atoms with Crippen LogP contribution in [0.25, 0.3) is 0 Å². The normalized spacial score (nSPS) is 13.4. The summed E-state index contributed by atoms with van der Waals surface area (Å²) in [6.07, 6.45) is 0.736. The van der Waals surface area contributed by atoms with E-state index in [2.05, 4.69) is 35.1 Å². The van der Waals surface area contributed by atoms with Gasteiger partial charge in [0.05, 0.1) is 16.3 Å². The first kappa shape index (κ1) is 23.5. The van der Waals surface area contributed by atoms with Crippen LogP contribution in [-0.2, 0) is 25.8 Å². The molecule has 1 aliphatic rings. The van der Waals surface area contributed by atoms with E-state index in [0.29, 0.717) is 41.2 Å². The van der Waals surface area contributed by atoms with Crippen molar-refractivity contribution in [2.24, 2.45) is 0 Å². The highest BCUT2D eigenvalue weighted by Gasteiger charge is 2.32. The zero-order valence-corrected chi connectivity index (χ0v) is 20.3. The summed E-state index contributed by atoms with van der Waals surface area (Å²) in [6, 6.07) is 10.9. The van der Waals surface area contributed by atoms with E-state index in [-0.39, 0.29) is 28.9 Å². The molecule has 6 nitrogen and oxygen atoms in total. The Hall–Kier alpha value is -2.19. The van der Waals surface area contributed by atoms with Crippen LogP contribution in [0.1, 0.15) is 50.7 Å². The van der Waals surface area contributed by atoms with Gasteiger partial charge in [0.15, 0.2) is 9.84 Å². The molecule has 0 aliphatic carbocycles. The lowest BCUT2D eigenvalue weighted by Crippen LogP contribution is -2.29. The Labute approximate surface area is 192 Å². The molecular formula is C23H27BrN2O4S. The van der Waals surface area contributed by atoms with Gasteiger partial charge in [-0.2, -0.15) is 0 Å². The number of anilines is 2. The molecule has 1 aliphatic heterocycles. The van der Waals surface area contributed by atoms with E-state index in [9.17, 15) is 18.0 Å². The van der Waals surface area contributed by atoms with Crippen molar-refractivity contribution in [2.75, 3.05) is 22.5 Å². The minimum absolute atomic E-state index is 0.102. The van der Waals surface area contributed by atoms with Gasteiger partial charge in [0.1, 0.15) is 0 Å². The monoisotopic (exact) mass is 506 g/mol. The molecule has 1 heterocycles. The lowest BCUT2D eigenvalue weighted by atomic mass is 10.0. The largest absolute Gasteiger partial charge is 0.326 e. The minimum Gasteiger partial charge on any atom is -0.326 e. The van der Waals surface area contributed by atoms with Crippen LogP contribution in [0.2, 0.25) is 0 Å². The van der Waals surface area contributed by atoms with E-state index in [4.69, 9.17) is 0 Å². The van der Waals surface area contributed by atoms with Crippen molar-refractivity contribution < 1.29 is 18.0 Å². The van der Waals surface area contributed by atoms with Crippen LogP contribution >= 0.6 is 15.9 Å². The van der Waals surface area contributed by atoms with Crippen molar-refractivity contribution >= 4 is 49.0 Å². The number of hydrogen-bond acceptors (Lipinski definition) is 4. The molecule has 0 saturated carbocycles. The van der Waals surface area contributed by atoms with Crippen LogP contribution in [0.4, 0.5) is 11.4 Å². The van der Waals surface area contributed by atoms with Gasteiger partial charge in [-0.15, -0.1) is 0 Å². The molecule has 0 bridgehead atoms. The SMILES string of the molecule is CCC(=O)N1CCc2cc(Br)cc(S(=O)(=O)CCC(=O)Nc3ccc(C(C)C)cc3)c21. The molecule has 1 N–H and O–H groups in total. The van der Waals surface area contributed by atoms with Gasteiger partial charge in [-0.25, -0.2) is 8.42 Å². The quantitative estimate of drug-likeness (QED) is 0.590. The van der Waals surface area contributed by atoms with Gasteiger partial charge in [-0.1, -0.05) is 48.8 Å². The second-order valence-corrected chi connectivity index (χ2v) is 10.9. The zero-order chi connectivity index (χ0) is 22.8. The molecule has 8 heteroatoms. The molecule has 0 spiro atoms. The van der Waals surface area contributed by atoms with Crippen LogP contribution in [0.5, 0.6) is 0 Å². The lowest BCUT2D eigenvalue weighted by Gasteiger charge is -2.20. The van der Waals surface area contributed by atoms with Crippen LogP contribution in [-0.4, -0.2) is 32.5 Å². The van der Waals surface area contributed by atoms with Crippen molar-refractivity contribution in [3.63, 3.8) is 0 Å². The highest BCUT2D eigenvalue weighted by molar-refractivity contribution is 9.10. The minimum atomic E-state index is -3.77. The molecule has 31 heavy (non-hydrogen) atoms. The third-order valence-corrected chi connectivity index (χ3v) is 7.57. The molecule has 2 aromatic carbocycles. The van der Waals surface area contributed by atoms with Crippen LogP contribution in [0, 0.1) is 0 Å². The van der Waals surface area contributed by atoms with Crippen molar-refractivity contribution in [2.45, 2.75) is 50.8 Å². The number of halogens is 1. The maximum atomic E-state index is 13.1. The highest BCUT2D eigenvalue weighted by Crippen LogP contribution is 2.38. The van der Waals surface area contributed by atoms with Gasteiger partial charge in [-0.3, -0.25) is 9.59 Å². The predicted molar refractivity (Wildman–Crippen MR) is 126 cm³/mol. The number of rotatable bonds is 7. The summed E-state index contributed by atoms with van der Waals surface area (Å²) in [6.45, 7) is 6.40. The van der Waals surface area contributed by atoms with Crippen LogP contribution < -0.4 is 10.2 Å². The molecule has 166 valence electrons. The van der Waals surface area contributed by atoms with Crippen molar-refractivity contribution in [3.05, 3.63) is 52.0 Å². The van der Waals surface area contributed by atoms with Gasteiger partial charge in [-0.05, 0) is 47.7 Å². The summed E-state index contributed by atoms with van der Waals surface area (Å²) in [7, 11) is -3.77. The number of sulfone groups is 1. The Bertz CT molecular complexity index is 1100. The number of fused-ring (bicyclic) bond motifs is 1. The first-order valence-corrected chi connectivity index (χ1v) is 12.8. The molecular weight excluding hydrogens is 480 g/mol. The standard InChI is InChI=1S/C23H27BrN2O4S/c1-4-22(28)26-11-9-17-13-18(24)14-20(23(17)26)31(29,30)12-10-21(27)25-19-7-5-16(6-8-19)15(2)3/h5-8,13-15H,4,9-12H2,1-3H3,(H,25,27). The molecule has 0 fully saturated rings. The van der Waals surface area contributed by atoms with Crippen LogP contribution in [0.3, 0.4) is 0 Å². The fourth-order valence-electron chi connectivity index (χ4n) is 3.66. The fraction of sp³-hybridized carbons (Fsp3) is 0.391. The van der Waals surface area contributed by atoms with Crippen LogP contribution in [0.15, 0.2) is 45.8 Å².